The Kier molecular flexibility index (Phi) is 5.55. The number of anilines is 3. The molecule has 1 aliphatic rings. The number of fused-ring (bicyclic) bond motifs is 1. The number of sulfonamides is 1. The van der Waals surface area contributed by atoms with Gasteiger partial charge in [0.2, 0.25) is 0 Å². The summed E-state index contributed by atoms with van der Waals surface area (Å²) in [6, 6.07) is 22.2. The van der Waals surface area contributed by atoms with Gasteiger partial charge in [-0.1, -0.05) is 42.5 Å². The third-order valence-electron chi connectivity index (χ3n) is 5.61. The Bertz CT molecular complexity index is 1390. The Hall–Kier alpha value is -3.72. The van der Waals surface area contributed by atoms with Crippen LogP contribution in [0, 0.1) is 5.82 Å². The molecule has 5 rings (SSSR count). The van der Waals surface area contributed by atoms with Crippen LogP contribution in [0.3, 0.4) is 0 Å². The molecule has 0 radical (unpaired) electrons. The second-order valence-corrected chi connectivity index (χ2v) is 9.41. The Morgan fingerprint density at radius 1 is 0.727 bits per heavy atom. The van der Waals surface area contributed by atoms with Gasteiger partial charge in [-0.25, -0.2) is 22.8 Å². The predicted octanol–water partition coefficient (Wildman–Crippen LogP) is 3.90. The molecule has 1 N–H and O–H groups in total. The monoisotopic (exact) mass is 463 g/mol. The minimum Gasteiger partial charge on any atom is -0.366 e. The molecule has 0 spiro atoms. The van der Waals surface area contributed by atoms with Gasteiger partial charge in [-0.2, -0.15) is 0 Å². The van der Waals surface area contributed by atoms with Crippen molar-refractivity contribution in [3.8, 4) is 0 Å². The number of rotatable bonds is 5. The van der Waals surface area contributed by atoms with E-state index in [1.165, 1.54) is 18.2 Å². The lowest BCUT2D eigenvalue weighted by atomic mass is 10.2. The summed E-state index contributed by atoms with van der Waals surface area (Å²) < 4.78 is 42.9. The van der Waals surface area contributed by atoms with Crippen molar-refractivity contribution in [1.82, 2.24) is 9.97 Å². The highest BCUT2D eigenvalue weighted by atomic mass is 32.2. The minimum absolute atomic E-state index is 0.148. The van der Waals surface area contributed by atoms with Crippen molar-refractivity contribution >= 4 is 38.4 Å². The van der Waals surface area contributed by atoms with Gasteiger partial charge >= 0.3 is 0 Å². The van der Waals surface area contributed by atoms with Crippen LogP contribution in [-0.4, -0.2) is 44.6 Å². The first kappa shape index (κ1) is 21.1. The van der Waals surface area contributed by atoms with Gasteiger partial charge in [-0.15, -0.1) is 0 Å². The number of para-hydroxylation sites is 3. The maximum atomic E-state index is 14.2. The number of benzene rings is 3. The standard InChI is InChI=1S/C24H22FN5O2S/c25-19-10-4-7-13-22(19)29-14-16-30(17-15-29)24-23(26-20-11-5-6-12-21(20)27-24)28-33(31,32)18-8-2-1-3-9-18/h1-13H,14-17H2,(H,26,28). The van der Waals surface area contributed by atoms with E-state index in [2.05, 4.69) is 9.71 Å². The van der Waals surface area contributed by atoms with Gasteiger partial charge in [0.25, 0.3) is 10.0 Å². The molecule has 1 saturated heterocycles. The fraction of sp³-hybridized carbons (Fsp3) is 0.167. The lowest BCUT2D eigenvalue weighted by Crippen LogP contribution is -2.47. The zero-order chi connectivity index (χ0) is 22.8. The number of piperazine rings is 1. The fourth-order valence-corrected chi connectivity index (χ4v) is 4.96. The van der Waals surface area contributed by atoms with Crippen molar-refractivity contribution < 1.29 is 12.8 Å². The molecule has 7 nitrogen and oxygen atoms in total. The summed E-state index contributed by atoms with van der Waals surface area (Å²) in [5.41, 5.74) is 1.83. The number of hydrogen-bond acceptors (Lipinski definition) is 6. The van der Waals surface area contributed by atoms with Crippen LogP contribution in [0.5, 0.6) is 0 Å². The second-order valence-electron chi connectivity index (χ2n) is 7.73. The van der Waals surface area contributed by atoms with Crippen LogP contribution < -0.4 is 14.5 Å². The summed E-state index contributed by atoms with van der Waals surface area (Å²) in [5.74, 6) is 0.381. The Morgan fingerprint density at radius 3 is 2.00 bits per heavy atom. The topological polar surface area (TPSA) is 78.4 Å². The number of nitrogens with zero attached hydrogens (tertiary/aromatic N) is 4. The van der Waals surface area contributed by atoms with Gasteiger partial charge in [0.15, 0.2) is 11.6 Å². The van der Waals surface area contributed by atoms with Gasteiger partial charge in [0.05, 0.1) is 21.6 Å². The normalized spacial score (nSPS) is 14.5. The number of aromatic nitrogens is 2. The first-order valence-electron chi connectivity index (χ1n) is 10.6. The molecule has 3 aromatic carbocycles. The summed E-state index contributed by atoms with van der Waals surface area (Å²) in [6.45, 7) is 2.23. The van der Waals surface area contributed by atoms with Crippen molar-refractivity contribution in [2.45, 2.75) is 4.90 Å². The van der Waals surface area contributed by atoms with Crippen LogP contribution in [0.25, 0.3) is 11.0 Å². The maximum Gasteiger partial charge on any atom is 0.263 e. The van der Waals surface area contributed by atoms with Crippen molar-refractivity contribution in [2.24, 2.45) is 0 Å². The SMILES string of the molecule is O=S(=O)(Nc1nc2ccccc2nc1N1CCN(c2ccccc2F)CC1)c1ccccc1. The van der Waals surface area contributed by atoms with E-state index in [0.29, 0.717) is 48.7 Å². The third-order valence-corrected chi connectivity index (χ3v) is 6.96. The molecule has 0 aliphatic carbocycles. The first-order valence-corrected chi connectivity index (χ1v) is 12.1. The first-order chi connectivity index (χ1) is 16.0. The van der Waals surface area contributed by atoms with Crippen LogP contribution >= 0.6 is 0 Å². The predicted molar refractivity (Wildman–Crippen MR) is 128 cm³/mol. The van der Waals surface area contributed by atoms with Gasteiger partial charge in [0, 0.05) is 26.2 Å². The number of nitrogens with one attached hydrogen (secondary N) is 1. The lowest BCUT2D eigenvalue weighted by Gasteiger charge is -2.37. The molecule has 0 saturated carbocycles. The van der Waals surface area contributed by atoms with E-state index in [-0.39, 0.29) is 16.5 Å². The molecule has 1 fully saturated rings. The van der Waals surface area contributed by atoms with Crippen LogP contribution in [0.15, 0.2) is 83.8 Å². The summed E-state index contributed by atoms with van der Waals surface area (Å²) in [7, 11) is -3.84. The molecule has 1 aromatic heterocycles. The van der Waals surface area contributed by atoms with E-state index < -0.39 is 10.0 Å². The molecule has 0 unspecified atom stereocenters. The summed E-state index contributed by atoms with van der Waals surface area (Å²) >= 11 is 0. The van der Waals surface area contributed by atoms with E-state index in [9.17, 15) is 12.8 Å². The molecular weight excluding hydrogens is 441 g/mol. The molecule has 0 bridgehead atoms. The summed E-state index contributed by atoms with van der Waals surface area (Å²) in [6.07, 6.45) is 0. The average Bonchev–Trinajstić information content (AvgIpc) is 2.84. The Labute approximate surface area is 191 Å². The zero-order valence-electron chi connectivity index (χ0n) is 17.7. The second kappa shape index (κ2) is 8.67. The van der Waals surface area contributed by atoms with Crippen molar-refractivity contribution in [1.29, 1.82) is 0 Å². The van der Waals surface area contributed by atoms with E-state index in [0.717, 1.165) is 0 Å². The maximum absolute atomic E-state index is 14.2. The van der Waals surface area contributed by atoms with Gasteiger partial charge in [0.1, 0.15) is 5.82 Å². The lowest BCUT2D eigenvalue weighted by molar-refractivity contribution is 0.595. The fourth-order valence-electron chi connectivity index (χ4n) is 3.93. The van der Waals surface area contributed by atoms with Gasteiger partial charge in [-0.05, 0) is 36.4 Å². The van der Waals surface area contributed by atoms with Crippen LogP contribution in [-0.2, 0) is 10.0 Å². The summed E-state index contributed by atoms with van der Waals surface area (Å²) in [5, 5.41) is 0. The number of halogens is 1. The van der Waals surface area contributed by atoms with Crippen LogP contribution in [0.1, 0.15) is 0 Å². The molecule has 9 heteroatoms. The van der Waals surface area contributed by atoms with Crippen LogP contribution in [0.4, 0.5) is 21.7 Å². The highest BCUT2D eigenvalue weighted by Crippen LogP contribution is 2.29. The van der Waals surface area contributed by atoms with Gasteiger partial charge < -0.3 is 9.80 Å². The number of hydrogen-bond donors (Lipinski definition) is 1. The molecule has 2 heterocycles. The Morgan fingerprint density at radius 2 is 1.30 bits per heavy atom. The smallest absolute Gasteiger partial charge is 0.263 e. The van der Waals surface area contributed by atoms with Crippen molar-refractivity contribution in [2.75, 3.05) is 40.7 Å². The van der Waals surface area contributed by atoms with E-state index >= 15 is 0 Å². The molecular formula is C24H22FN5O2S. The van der Waals surface area contributed by atoms with E-state index in [1.54, 1.807) is 36.4 Å². The highest BCUT2D eigenvalue weighted by molar-refractivity contribution is 7.92. The third kappa shape index (κ3) is 4.31. The van der Waals surface area contributed by atoms with E-state index in [1.807, 2.05) is 34.1 Å². The summed E-state index contributed by atoms with van der Waals surface area (Å²) in [4.78, 5) is 13.4. The van der Waals surface area contributed by atoms with Gasteiger partial charge in [-0.3, -0.25) is 4.72 Å². The zero-order valence-corrected chi connectivity index (χ0v) is 18.5. The molecule has 168 valence electrons. The van der Waals surface area contributed by atoms with E-state index in [4.69, 9.17) is 4.98 Å². The van der Waals surface area contributed by atoms with Crippen LogP contribution in [0.2, 0.25) is 0 Å². The largest absolute Gasteiger partial charge is 0.366 e. The molecule has 4 aromatic rings. The molecule has 1 aliphatic heterocycles. The van der Waals surface area contributed by atoms with Crippen molar-refractivity contribution in [3.63, 3.8) is 0 Å². The quantitative estimate of drug-likeness (QED) is 0.484. The Balaban J connectivity index is 1.47. The average molecular weight is 464 g/mol. The molecule has 33 heavy (non-hydrogen) atoms. The molecule has 0 atom stereocenters. The van der Waals surface area contributed by atoms with Crippen molar-refractivity contribution in [3.05, 3.63) is 84.7 Å². The molecule has 0 amide bonds. The highest BCUT2D eigenvalue weighted by Gasteiger charge is 2.25. The minimum atomic E-state index is -3.84.